The summed E-state index contributed by atoms with van der Waals surface area (Å²) < 4.78 is 3.07. The van der Waals surface area contributed by atoms with E-state index in [1.54, 1.807) is 6.07 Å². The number of nitrogens with zero attached hydrogens (tertiary/aromatic N) is 5. The maximum atomic E-state index is 12.8. The van der Waals surface area contributed by atoms with Crippen molar-refractivity contribution in [2.45, 2.75) is 20.4 Å². The van der Waals surface area contributed by atoms with Crippen molar-refractivity contribution >= 4 is 22.8 Å². The minimum Gasteiger partial charge on any atom is -0.293 e. The Kier molecular flexibility index (Phi) is 4.05. The normalized spacial score (nSPS) is 11.2. The lowest BCUT2D eigenvalue weighted by molar-refractivity contribution is 0.744. The molecule has 4 aromatic rings. The third kappa shape index (κ3) is 2.88. The zero-order valence-electron chi connectivity index (χ0n) is 14.3. The van der Waals surface area contributed by atoms with Gasteiger partial charge in [-0.3, -0.25) is 9.36 Å². The molecule has 7 heteroatoms. The van der Waals surface area contributed by atoms with Crippen LogP contribution in [0.15, 0.2) is 53.6 Å². The van der Waals surface area contributed by atoms with E-state index in [0.29, 0.717) is 22.9 Å². The molecule has 0 unspecified atom stereocenters. The van der Waals surface area contributed by atoms with E-state index in [1.807, 2.05) is 50.2 Å². The Labute approximate surface area is 154 Å². The van der Waals surface area contributed by atoms with Crippen molar-refractivity contribution in [1.82, 2.24) is 24.5 Å². The van der Waals surface area contributed by atoms with Gasteiger partial charge in [-0.1, -0.05) is 52.7 Å². The maximum Gasteiger partial charge on any atom is 0.283 e. The van der Waals surface area contributed by atoms with Crippen LogP contribution in [0.25, 0.3) is 16.9 Å². The first-order valence-electron chi connectivity index (χ1n) is 8.16. The standard InChI is InChI=1S/C19H16ClN5O/c1-12-4-3-5-14(8-12)10-24-11-21-18-17(19(24)26)22-23-25(18)15-7-6-13(2)16(20)9-15/h3-9,11H,10H2,1-2H3. The molecule has 0 atom stereocenters. The molecule has 2 heterocycles. The van der Waals surface area contributed by atoms with Gasteiger partial charge in [0.15, 0.2) is 11.2 Å². The van der Waals surface area contributed by atoms with Crippen molar-refractivity contribution in [2.75, 3.05) is 0 Å². The molecule has 0 spiro atoms. The number of aryl methyl sites for hydroxylation is 2. The van der Waals surface area contributed by atoms with Crippen molar-refractivity contribution < 1.29 is 0 Å². The van der Waals surface area contributed by atoms with Crippen LogP contribution in [0.3, 0.4) is 0 Å². The molecule has 2 aromatic carbocycles. The van der Waals surface area contributed by atoms with Crippen molar-refractivity contribution in [2.24, 2.45) is 0 Å². The highest BCUT2D eigenvalue weighted by Gasteiger charge is 2.14. The van der Waals surface area contributed by atoms with Gasteiger partial charge >= 0.3 is 0 Å². The summed E-state index contributed by atoms with van der Waals surface area (Å²) >= 11 is 6.19. The second kappa shape index (κ2) is 6.38. The predicted molar refractivity (Wildman–Crippen MR) is 101 cm³/mol. The largest absolute Gasteiger partial charge is 0.293 e. The van der Waals surface area contributed by atoms with Crippen LogP contribution in [0.4, 0.5) is 0 Å². The highest BCUT2D eigenvalue weighted by Crippen LogP contribution is 2.20. The maximum absolute atomic E-state index is 12.8. The van der Waals surface area contributed by atoms with Gasteiger partial charge < -0.3 is 0 Å². The van der Waals surface area contributed by atoms with E-state index < -0.39 is 0 Å². The molecule has 0 saturated carbocycles. The van der Waals surface area contributed by atoms with Crippen molar-refractivity contribution in [3.63, 3.8) is 0 Å². The minimum absolute atomic E-state index is 0.221. The molecular weight excluding hydrogens is 350 g/mol. The first-order valence-corrected chi connectivity index (χ1v) is 8.53. The summed E-state index contributed by atoms with van der Waals surface area (Å²) in [5.41, 5.74) is 4.28. The van der Waals surface area contributed by atoms with Crippen molar-refractivity contribution in [3.8, 4) is 5.69 Å². The molecule has 2 aromatic heterocycles. The summed E-state index contributed by atoms with van der Waals surface area (Å²) in [7, 11) is 0. The van der Waals surface area contributed by atoms with Gasteiger partial charge in [-0.15, -0.1) is 5.10 Å². The fourth-order valence-electron chi connectivity index (χ4n) is 2.85. The number of halogens is 1. The van der Waals surface area contributed by atoms with Gasteiger partial charge in [0.1, 0.15) is 6.33 Å². The molecule has 0 N–H and O–H groups in total. The van der Waals surface area contributed by atoms with Crippen LogP contribution in [-0.2, 0) is 6.54 Å². The number of aromatic nitrogens is 5. The molecule has 0 fully saturated rings. The van der Waals surface area contributed by atoms with Gasteiger partial charge in [0.25, 0.3) is 5.56 Å². The Morgan fingerprint density at radius 2 is 1.96 bits per heavy atom. The predicted octanol–water partition coefficient (Wildman–Crippen LogP) is 3.30. The summed E-state index contributed by atoms with van der Waals surface area (Å²) in [6.07, 6.45) is 1.53. The smallest absolute Gasteiger partial charge is 0.283 e. The lowest BCUT2D eigenvalue weighted by Gasteiger charge is -2.07. The van der Waals surface area contributed by atoms with Crippen LogP contribution in [-0.4, -0.2) is 24.5 Å². The summed E-state index contributed by atoms with van der Waals surface area (Å²) in [6, 6.07) is 13.6. The van der Waals surface area contributed by atoms with E-state index >= 15 is 0 Å². The lowest BCUT2D eigenvalue weighted by atomic mass is 10.1. The van der Waals surface area contributed by atoms with Gasteiger partial charge in [0, 0.05) is 5.02 Å². The van der Waals surface area contributed by atoms with E-state index in [2.05, 4.69) is 15.3 Å². The molecule has 26 heavy (non-hydrogen) atoms. The Morgan fingerprint density at radius 1 is 1.12 bits per heavy atom. The van der Waals surface area contributed by atoms with E-state index in [9.17, 15) is 4.79 Å². The Bertz CT molecular complexity index is 1180. The van der Waals surface area contributed by atoms with E-state index in [1.165, 1.54) is 15.6 Å². The zero-order valence-corrected chi connectivity index (χ0v) is 15.1. The van der Waals surface area contributed by atoms with Crippen molar-refractivity contribution in [3.05, 3.63) is 80.9 Å². The third-order valence-electron chi connectivity index (χ3n) is 4.26. The van der Waals surface area contributed by atoms with Crippen molar-refractivity contribution in [1.29, 1.82) is 0 Å². The van der Waals surface area contributed by atoms with Gasteiger partial charge in [-0.2, -0.15) is 4.68 Å². The molecule has 0 saturated heterocycles. The van der Waals surface area contributed by atoms with Crippen LogP contribution in [0.1, 0.15) is 16.7 Å². The van der Waals surface area contributed by atoms with Crippen LogP contribution in [0.5, 0.6) is 0 Å². The fourth-order valence-corrected chi connectivity index (χ4v) is 3.03. The molecule has 130 valence electrons. The number of hydrogen-bond acceptors (Lipinski definition) is 4. The second-order valence-electron chi connectivity index (χ2n) is 6.27. The number of fused-ring (bicyclic) bond motifs is 1. The molecule has 0 amide bonds. The minimum atomic E-state index is -0.221. The number of rotatable bonds is 3. The summed E-state index contributed by atoms with van der Waals surface area (Å²) in [4.78, 5) is 17.2. The molecule has 0 aliphatic carbocycles. The average Bonchev–Trinajstić information content (AvgIpc) is 3.05. The Morgan fingerprint density at radius 3 is 2.73 bits per heavy atom. The van der Waals surface area contributed by atoms with Crippen LogP contribution in [0, 0.1) is 13.8 Å². The fraction of sp³-hybridized carbons (Fsp3) is 0.158. The number of hydrogen-bond donors (Lipinski definition) is 0. The highest BCUT2D eigenvalue weighted by atomic mass is 35.5. The van der Waals surface area contributed by atoms with Crippen LogP contribution >= 0.6 is 11.6 Å². The van der Waals surface area contributed by atoms with Gasteiger partial charge in [-0.05, 0) is 37.1 Å². The SMILES string of the molecule is Cc1cccc(Cn2cnc3c(nnn3-c3ccc(C)c(Cl)c3)c2=O)c1. The highest BCUT2D eigenvalue weighted by molar-refractivity contribution is 6.31. The quantitative estimate of drug-likeness (QED) is 0.558. The monoisotopic (exact) mass is 365 g/mol. The van der Waals surface area contributed by atoms with Crippen LogP contribution in [0.2, 0.25) is 5.02 Å². The molecule has 0 aliphatic heterocycles. The lowest BCUT2D eigenvalue weighted by Crippen LogP contribution is -2.21. The molecule has 4 rings (SSSR count). The van der Waals surface area contributed by atoms with Crippen LogP contribution < -0.4 is 5.56 Å². The Hall–Kier alpha value is -2.99. The zero-order chi connectivity index (χ0) is 18.3. The molecule has 0 aliphatic rings. The molecule has 0 bridgehead atoms. The topological polar surface area (TPSA) is 65.6 Å². The van der Waals surface area contributed by atoms with Gasteiger partial charge in [0.2, 0.25) is 0 Å². The van der Waals surface area contributed by atoms with Gasteiger partial charge in [-0.25, -0.2) is 4.98 Å². The summed E-state index contributed by atoms with van der Waals surface area (Å²) in [6.45, 7) is 4.38. The molecular formula is C19H16ClN5O. The van der Waals surface area contributed by atoms with E-state index in [4.69, 9.17) is 11.6 Å². The summed E-state index contributed by atoms with van der Waals surface area (Å²) in [5, 5.41) is 8.76. The summed E-state index contributed by atoms with van der Waals surface area (Å²) in [5.74, 6) is 0. The first kappa shape index (κ1) is 16.5. The van der Waals surface area contributed by atoms with E-state index in [0.717, 1.165) is 16.7 Å². The molecule has 0 radical (unpaired) electrons. The average molecular weight is 366 g/mol. The second-order valence-corrected chi connectivity index (χ2v) is 6.68. The number of benzene rings is 2. The molecule has 6 nitrogen and oxygen atoms in total. The Balaban J connectivity index is 1.78. The third-order valence-corrected chi connectivity index (χ3v) is 4.67. The first-order chi connectivity index (χ1) is 12.5. The van der Waals surface area contributed by atoms with E-state index in [-0.39, 0.29) is 11.1 Å². The van der Waals surface area contributed by atoms with Gasteiger partial charge in [0.05, 0.1) is 12.2 Å².